The summed E-state index contributed by atoms with van der Waals surface area (Å²) in [6.45, 7) is 0. The van der Waals surface area contributed by atoms with E-state index in [4.69, 9.17) is 9.15 Å². The molecule has 30 heavy (non-hydrogen) atoms. The molecule has 8 heteroatoms. The smallest absolute Gasteiger partial charge is 0.262 e. The van der Waals surface area contributed by atoms with Gasteiger partial charge in [0.25, 0.3) is 5.91 Å². The zero-order valence-electron chi connectivity index (χ0n) is 15.7. The van der Waals surface area contributed by atoms with Gasteiger partial charge in [0.1, 0.15) is 22.9 Å². The van der Waals surface area contributed by atoms with E-state index in [1.54, 1.807) is 42.5 Å². The number of rotatable bonds is 4. The Labute approximate surface area is 169 Å². The Bertz CT molecular complexity index is 1300. The highest BCUT2D eigenvalue weighted by Gasteiger charge is 2.16. The van der Waals surface area contributed by atoms with Crippen LogP contribution in [-0.4, -0.2) is 18.0 Å². The minimum absolute atomic E-state index is 0.0464. The van der Waals surface area contributed by atoms with Crippen LogP contribution in [0, 0.1) is 11.6 Å². The Balaban J connectivity index is 1.92. The van der Waals surface area contributed by atoms with Crippen molar-refractivity contribution in [3.05, 3.63) is 89.6 Å². The average Bonchev–Trinajstić information content (AvgIpc) is 2.75. The van der Waals surface area contributed by atoms with Gasteiger partial charge in [0.05, 0.1) is 7.11 Å². The van der Waals surface area contributed by atoms with Crippen LogP contribution in [-0.2, 0) is 0 Å². The van der Waals surface area contributed by atoms with E-state index in [0.717, 1.165) is 12.1 Å². The number of nitrogens with zero attached hydrogens (tertiary/aromatic N) is 2. The number of methoxy groups -OCH3 is 1. The molecule has 2 aromatic carbocycles. The van der Waals surface area contributed by atoms with E-state index >= 15 is 0 Å². The van der Waals surface area contributed by atoms with Gasteiger partial charge in [0.2, 0.25) is 5.55 Å². The Morgan fingerprint density at radius 1 is 1.10 bits per heavy atom. The highest BCUT2D eigenvalue weighted by molar-refractivity contribution is 6.05. The second kappa shape index (κ2) is 8.12. The number of anilines is 1. The third-order valence-electron chi connectivity index (χ3n) is 4.24. The summed E-state index contributed by atoms with van der Waals surface area (Å²) < 4.78 is 38.5. The number of aromatic nitrogens is 1. The maximum Gasteiger partial charge on any atom is 0.262 e. The molecule has 150 valence electrons. The quantitative estimate of drug-likeness (QED) is 0.536. The molecule has 0 spiro atoms. The first kappa shape index (κ1) is 19.3. The van der Waals surface area contributed by atoms with Crippen molar-refractivity contribution in [3.8, 4) is 5.75 Å². The molecule has 0 saturated heterocycles. The zero-order chi connectivity index (χ0) is 21.1. The predicted molar refractivity (Wildman–Crippen MR) is 107 cm³/mol. The van der Waals surface area contributed by atoms with Gasteiger partial charge >= 0.3 is 0 Å². The fourth-order valence-electron chi connectivity index (χ4n) is 2.83. The van der Waals surface area contributed by atoms with Crippen molar-refractivity contribution in [2.24, 2.45) is 4.99 Å². The number of para-hydroxylation sites is 1. The van der Waals surface area contributed by atoms with Crippen LogP contribution in [0.25, 0.3) is 11.0 Å². The molecule has 0 atom stereocenters. The number of carbonyl (C=O) groups excluding carboxylic acids is 1. The second-order valence-electron chi connectivity index (χ2n) is 6.22. The molecular weight excluding hydrogens is 392 g/mol. The number of carbonyl (C=O) groups is 1. The number of ether oxygens (including phenoxy) is 1. The monoisotopic (exact) mass is 407 g/mol. The largest absolute Gasteiger partial charge is 0.493 e. The number of pyridine rings is 1. The SMILES string of the molecule is COc1cccc2cc(C(=O)Nc3ccccn3)c(=Nc3ccc(F)cc3F)oc12. The Morgan fingerprint density at radius 2 is 1.97 bits per heavy atom. The first-order valence-corrected chi connectivity index (χ1v) is 8.88. The fraction of sp³-hybridized carbons (Fsp3) is 0.0455. The van der Waals surface area contributed by atoms with Crippen LogP contribution in [0.3, 0.4) is 0 Å². The van der Waals surface area contributed by atoms with Gasteiger partial charge in [0, 0.05) is 17.6 Å². The minimum Gasteiger partial charge on any atom is -0.493 e. The highest BCUT2D eigenvalue weighted by Crippen LogP contribution is 2.25. The molecule has 0 saturated carbocycles. The Hall–Kier alpha value is -4.07. The van der Waals surface area contributed by atoms with Crippen molar-refractivity contribution in [1.82, 2.24) is 4.98 Å². The third-order valence-corrected chi connectivity index (χ3v) is 4.24. The number of halogens is 2. The van der Waals surface area contributed by atoms with E-state index in [-0.39, 0.29) is 16.8 Å². The predicted octanol–water partition coefficient (Wildman–Crippen LogP) is 4.60. The molecule has 0 aliphatic carbocycles. The van der Waals surface area contributed by atoms with Crippen LogP contribution < -0.4 is 15.6 Å². The number of benzene rings is 2. The van der Waals surface area contributed by atoms with Crippen molar-refractivity contribution < 1.29 is 22.7 Å². The first-order valence-electron chi connectivity index (χ1n) is 8.88. The summed E-state index contributed by atoms with van der Waals surface area (Å²) in [5, 5.41) is 3.23. The summed E-state index contributed by atoms with van der Waals surface area (Å²) >= 11 is 0. The van der Waals surface area contributed by atoms with Crippen molar-refractivity contribution in [2.75, 3.05) is 12.4 Å². The molecule has 0 bridgehead atoms. The van der Waals surface area contributed by atoms with Gasteiger partial charge in [-0.05, 0) is 36.4 Å². The zero-order valence-corrected chi connectivity index (χ0v) is 15.7. The van der Waals surface area contributed by atoms with Gasteiger partial charge in [-0.1, -0.05) is 18.2 Å². The van der Waals surface area contributed by atoms with Crippen molar-refractivity contribution in [3.63, 3.8) is 0 Å². The van der Waals surface area contributed by atoms with Crippen LogP contribution >= 0.6 is 0 Å². The Kier molecular flexibility index (Phi) is 5.21. The second-order valence-corrected chi connectivity index (χ2v) is 6.22. The van der Waals surface area contributed by atoms with Crippen LogP contribution in [0.2, 0.25) is 0 Å². The molecular formula is C22H15F2N3O3. The summed E-state index contributed by atoms with van der Waals surface area (Å²) in [5.74, 6) is -1.44. The number of hydrogen-bond acceptors (Lipinski definition) is 5. The maximum absolute atomic E-state index is 14.2. The summed E-state index contributed by atoms with van der Waals surface area (Å²) in [5.41, 5.74) is 0.0352. The first-order chi connectivity index (χ1) is 14.5. The molecule has 0 unspecified atom stereocenters. The highest BCUT2D eigenvalue weighted by atomic mass is 19.1. The van der Waals surface area contributed by atoms with Gasteiger partial charge in [-0.25, -0.2) is 18.8 Å². The van der Waals surface area contributed by atoms with Crippen LogP contribution in [0.5, 0.6) is 5.75 Å². The fourth-order valence-corrected chi connectivity index (χ4v) is 2.83. The number of hydrogen-bond donors (Lipinski definition) is 1. The maximum atomic E-state index is 14.2. The lowest BCUT2D eigenvalue weighted by molar-refractivity contribution is 0.102. The van der Waals surface area contributed by atoms with Gasteiger partial charge in [-0.2, -0.15) is 0 Å². The van der Waals surface area contributed by atoms with E-state index in [0.29, 0.717) is 28.6 Å². The van der Waals surface area contributed by atoms with Crippen LogP contribution in [0.1, 0.15) is 10.4 Å². The molecule has 2 heterocycles. The van der Waals surface area contributed by atoms with Gasteiger partial charge in [-0.15, -0.1) is 0 Å². The van der Waals surface area contributed by atoms with E-state index in [1.165, 1.54) is 13.3 Å². The third kappa shape index (κ3) is 3.88. The van der Waals surface area contributed by atoms with Crippen molar-refractivity contribution >= 4 is 28.4 Å². The molecule has 1 N–H and O–H groups in total. The molecule has 0 aliphatic heterocycles. The summed E-state index contributed by atoms with van der Waals surface area (Å²) in [7, 11) is 1.47. The molecule has 4 rings (SSSR count). The van der Waals surface area contributed by atoms with Gasteiger partial charge in [-0.3, -0.25) is 4.79 Å². The lowest BCUT2D eigenvalue weighted by Gasteiger charge is -2.08. The van der Waals surface area contributed by atoms with E-state index in [2.05, 4.69) is 15.3 Å². The topological polar surface area (TPSA) is 76.7 Å². The molecule has 4 aromatic rings. The molecule has 1 amide bonds. The number of nitrogens with one attached hydrogen (secondary N) is 1. The van der Waals surface area contributed by atoms with Crippen LogP contribution in [0.15, 0.2) is 76.3 Å². The van der Waals surface area contributed by atoms with Crippen LogP contribution in [0.4, 0.5) is 20.3 Å². The standard InChI is InChI=1S/C22H15F2N3O3/c1-29-18-6-4-5-13-11-15(21(28)27-19-7-2-3-10-25-19)22(30-20(13)18)26-17-9-8-14(23)12-16(17)24/h2-12H,1H3,(H,25,27,28). The molecule has 0 aliphatic rings. The lowest BCUT2D eigenvalue weighted by atomic mass is 10.1. The molecule has 6 nitrogen and oxygen atoms in total. The van der Waals surface area contributed by atoms with Crippen molar-refractivity contribution in [2.45, 2.75) is 0 Å². The normalized spacial score (nSPS) is 11.5. The summed E-state index contributed by atoms with van der Waals surface area (Å²) in [6, 6.07) is 14.7. The van der Waals surface area contributed by atoms with E-state index in [9.17, 15) is 13.6 Å². The van der Waals surface area contributed by atoms with E-state index in [1.807, 2.05) is 0 Å². The number of amides is 1. The Morgan fingerprint density at radius 3 is 2.70 bits per heavy atom. The number of fused-ring (bicyclic) bond motifs is 1. The van der Waals surface area contributed by atoms with E-state index < -0.39 is 17.5 Å². The lowest BCUT2D eigenvalue weighted by Crippen LogP contribution is -2.22. The minimum atomic E-state index is -0.888. The molecule has 0 radical (unpaired) electrons. The van der Waals surface area contributed by atoms with Gasteiger partial charge in [0.15, 0.2) is 17.1 Å². The van der Waals surface area contributed by atoms with Crippen molar-refractivity contribution in [1.29, 1.82) is 0 Å². The molecule has 2 aromatic heterocycles. The average molecular weight is 407 g/mol. The molecule has 0 fully saturated rings. The summed E-state index contributed by atoms with van der Waals surface area (Å²) in [6.07, 6.45) is 1.53. The summed E-state index contributed by atoms with van der Waals surface area (Å²) in [4.78, 5) is 21.1. The van der Waals surface area contributed by atoms with Gasteiger partial charge < -0.3 is 14.5 Å².